The highest BCUT2D eigenvalue weighted by Crippen LogP contribution is 2.41. The number of benzene rings is 1. The summed E-state index contributed by atoms with van der Waals surface area (Å²) >= 11 is 1.14. The van der Waals surface area contributed by atoms with E-state index < -0.39 is 0 Å². The Morgan fingerprint density at radius 3 is 2.88 bits per heavy atom. The average Bonchev–Trinajstić information content (AvgIpc) is 3.74. The minimum atomic E-state index is -0.337. The highest BCUT2D eigenvalue weighted by atomic mass is 32.1. The molecule has 2 unspecified atom stereocenters. The molecule has 41 heavy (non-hydrogen) atoms. The lowest BCUT2D eigenvalue weighted by Crippen LogP contribution is -2.58. The maximum Gasteiger partial charge on any atom is 0.319 e. The zero-order valence-electron chi connectivity index (χ0n) is 22.9. The molecule has 3 N–H and O–H groups in total. The van der Waals surface area contributed by atoms with E-state index in [2.05, 4.69) is 26.7 Å². The number of aromatic nitrogens is 4. The van der Waals surface area contributed by atoms with Crippen molar-refractivity contribution in [2.24, 2.45) is 0 Å². The summed E-state index contributed by atoms with van der Waals surface area (Å²) in [6, 6.07) is 5.85. The fourth-order valence-electron chi connectivity index (χ4n) is 7.60. The van der Waals surface area contributed by atoms with Crippen molar-refractivity contribution in [1.82, 2.24) is 30.2 Å². The second kappa shape index (κ2) is 9.30. The quantitative estimate of drug-likeness (QED) is 0.323. The first-order chi connectivity index (χ1) is 19.9. The zero-order valence-corrected chi connectivity index (χ0v) is 23.7. The van der Waals surface area contributed by atoms with E-state index in [1.54, 1.807) is 6.07 Å². The van der Waals surface area contributed by atoms with Crippen molar-refractivity contribution in [3.8, 4) is 17.3 Å². The van der Waals surface area contributed by atoms with Gasteiger partial charge in [0.05, 0.1) is 37.9 Å². The number of hydrogen-bond donors (Lipinski definition) is 2. The molecule has 8 rings (SSSR count). The normalized spacial score (nSPS) is 25.3. The van der Waals surface area contributed by atoms with Gasteiger partial charge in [-0.25, -0.2) is 9.37 Å². The van der Waals surface area contributed by atoms with Gasteiger partial charge in [-0.1, -0.05) is 17.4 Å². The average molecular weight is 573 g/mol. The summed E-state index contributed by atoms with van der Waals surface area (Å²) in [7, 11) is 0. The Morgan fingerprint density at radius 2 is 2.05 bits per heavy atom. The van der Waals surface area contributed by atoms with Gasteiger partial charge in [-0.05, 0) is 69.8 Å². The predicted octanol–water partition coefficient (Wildman–Crippen LogP) is 4.53. The monoisotopic (exact) mass is 572 g/mol. The van der Waals surface area contributed by atoms with Crippen LogP contribution in [0.1, 0.15) is 38.5 Å². The van der Waals surface area contributed by atoms with Gasteiger partial charge in [0.1, 0.15) is 18.2 Å². The maximum absolute atomic E-state index is 14.5. The molecule has 2 atom stereocenters. The Hall–Kier alpha value is -3.41. The topological polar surface area (TPSA) is 105 Å². The van der Waals surface area contributed by atoms with E-state index in [0.29, 0.717) is 39.7 Å². The third kappa shape index (κ3) is 4.08. The van der Waals surface area contributed by atoms with Gasteiger partial charge in [0.15, 0.2) is 5.13 Å². The summed E-state index contributed by atoms with van der Waals surface area (Å²) < 4.78 is 21.4. The highest BCUT2D eigenvalue weighted by molar-refractivity contribution is 7.22. The van der Waals surface area contributed by atoms with Crippen LogP contribution in [-0.2, 0) is 0 Å². The standard InChI is InChI=1S/C30H33FN8OS/c1-2-29-10-7-18(37-29)15-38(16-29)26-20-14-33-22(19-5-6-21(31)25-24(19)35-27(32)41-25)13-23(20)34-28(36-26)40-17-30-8-3-11-39(30)12-4-9-30/h2,5-6,13-14,18,37H,1,3-4,7-12,15-17H2,(H2,32,35). The molecule has 4 aliphatic heterocycles. The Balaban J connectivity index is 1.22. The fourth-order valence-corrected chi connectivity index (χ4v) is 8.37. The number of piperazine rings is 1. The zero-order chi connectivity index (χ0) is 27.8. The summed E-state index contributed by atoms with van der Waals surface area (Å²) in [6.07, 6.45) is 10.8. The molecule has 0 saturated carbocycles. The van der Waals surface area contributed by atoms with Crippen LogP contribution < -0.4 is 20.7 Å². The van der Waals surface area contributed by atoms with Crippen LogP contribution in [0.3, 0.4) is 0 Å². The first-order valence-corrected chi connectivity index (χ1v) is 15.3. The summed E-state index contributed by atoms with van der Waals surface area (Å²) in [6.45, 7) is 8.63. The lowest BCUT2D eigenvalue weighted by molar-refractivity contribution is 0.108. The van der Waals surface area contributed by atoms with E-state index in [-0.39, 0.29) is 16.9 Å². The number of halogens is 1. The molecule has 212 valence electrons. The van der Waals surface area contributed by atoms with Gasteiger partial charge in [0.2, 0.25) is 0 Å². The van der Waals surface area contributed by atoms with E-state index >= 15 is 0 Å². The van der Waals surface area contributed by atoms with Crippen molar-refractivity contribution in [2.75, 3.05) is 43.4 Å². The number of hydrogen-bond acceptors (Lipinski definition) is 10. The van der Waals surface area contributed by atoms with E-state index in [1.807, 2.05) is 18.3 Å². The van der Waals surface area contributed by atoms with Crippen LogP contribution in [0.4, 0.5) is 15.3 Å². The molecule has 0 spiro atoms. The molecule has 9 nitrogen and oxygen atoms in total. The van der Waals surface area contributed by atoms with E-state index in [1.165, 1.54) is 18.9 Å². The van der Waals surface area contributed by atoms with Gasteiger partial charge in [-0.3, -0.25) is 9.88 Å². The number of pyridine rings is 1. The van der Waals surface area contributed by atoms with E-state index in [9.17, 15) is 4.39 Å². The number of nitrogen functional groups attached to an aromatic ring is 1. The Bertz CT molecular complexity index is 1680. The molecule has 4 aromatic rings. The molecule has 4 fully saturated rings. The van der Waals surface area contributed by atoms with Crippen molar-refractivity contribution in [1.29, 1.82) is 0 Å². The van der Waals surface area contributed by atoms with Gasteiger partial charge < -0.3 is 20.7 Å². The van der Waals surface area contributed by atoms with Gasteiger partial charge in [-0.2, -0.15) is 9.97 Å². The SMILES string of the molecule is C=CC12CCC(CN(c3nc(OCC45CCCN4CCC5)nc4cc(-c5ccc(F)c6sc(N)nc56)ncc34)C1)N2. The van der Waals surface area contributed by atoms with Crippen LogP contribution in [0.2, 0.25) is 0 Å². The third-order valence-electron chi connectivity index (χ3n) is 9.64. The third-order valence-corrected chi connectivity index (χ3v) is 10.5. The smallest absolute Gasteiger partial charge is 0.319 e. The second-order valence-electron chi connectivity index (χ2n) is 12.1. The van der Waals surface area contributed by atoms with Crippen LogP contribution in [0.15, 0.2) is 37.1 Å². The lowest BCUT2D eigenvalue weighted by Gasteiger charge is -2.40. The number of fused-ring (bicyclic) bond motifs is 5. The van der Waals surface area contributed by atoms with Crippen molar-refractivity contribution in [3.05, 3.63) is 42.9 Å². The van der Waals surface area contributed by atoms with Gasteiger partial charge in [0.25, 0.3) is 0 Å². The number of nitrogens with zero attached hydrogens (tertiary/aromatic N) is 6. The summed E-state index contributed by atoms with van der Waals surface area (Å²) in [5, 5.41) is 4.94. The van der Waals surface area contributed by atoms with E-state index in [0.717, 1.165) is 85.5 Å². The number of nitrogens with two attached hydrogens (primary N) is 1. The first kappa shape index (κ1) is 25.3. The number of anilines is 2. The van der Waals surface area contributed by atoms with Gasteiger partial charge in [-0.15, -0.1) is 6.58 Å². The minimum Gasteiger partial charge on any atom is -0.461 e. The van der Waals surface area contributed by atoms with Crippen LogP contribution in [0, 0.1) is 5.82 Å². The summed E-state index contributed by atoms with van der Waals surface area (Å²) in [4.78, 5) is 24.1. The van der Waals surface area contributed by atoms with Crippen LogP contribution in [-0.4, -0.2) is 74.7 Å². The predicted molar refractivity (Wildman–Crippen MR) is 160 cm³/mol. The first-order valence-electron chi connectivity index (χ1n) is 14.5. The molecule has 7 heterocycles. The Morgan fingerprint density at radius 1 is 1.20 bits per heavy atom. The highest BCUT2D eigenvalue weighted by Gasteiger charge is 2.45. The number of ether oxygens (including phenoxy) is 1. The van der Waals surface area contributed by atoms with Crippen molar-refractivity contribution in [3.63, 3.8) is 0 Å². The summed E-state index contributed by atoms with van der Waals surface area (Å²) in [5.41, 5.74) is 8.53. The van der Waals surface area contributed by atoms with Crippen molar-refractivity contribution in [2.45, 2.75) is 55.6 Å². The van der Waals surface area contributed by atoms with Gasteiger partial charge in [0, 0.05) is 30.9 Å². The molecule has 0 aliphatic carbocycles. The molecule has 0 radical (unpaired) electrons. The van der Waals surface area contributed by atoms with Crippen molar-refractivity contribution >= 4 is 43.4 Å². The number of thiazole rings is 1. The molecular formula is C30H33FN8OS. The molecule has 3 aromatic heterocycles. The molecule has 1 aromatic carbocycles. The Labute approximate surface area is 241 Å². The fraction of sp³-hybridized carbons (Fsp3) is 0.467. The van der Waals surface area contributed by atoms with Crippen LogP contribution in [0.25, 0.3) is 32.4 Å². The van der Waals surface area contributed by atoms with Crippen LogP contribution >= 0.6 is 11.3 Å². The van der Waals surface area contributed by atoms with Gasteiger partial charge >= 0.3 is 6.01 Å². The summed E-state index contributed by atoms with van der Waals surface area (Å²) in [5.74, 6) is 0.494. The molecular weight excluding hydrogens is 539 g/mol. The second-order valence-corrected chi connectivity index (χ2v) is 13.1. The van der Waals surface area contributed by atoms with Crippen molar-refractivity contribution < 1.29 is 9.13 Å². The van der Waals surface area contributed by atoms with Crippen LogP contribution in [0.5, 0.6) is 6.01 Å². The molecule has 4 aliphatic rings. The lowest BCUT2D eigenvalue weighted by atomic mass is 9.95. The molecule has 2 bridgehead atoms. The number of nitrogens with one attached hydrogen (secondary N) is 1. The Kier molecular flexibility index (Phi) is 5.74. The maximum atomic E-state index is 14.5. The minimum absolute atomic E-state index is 0.0905. The molecule has 0 amide bonds. The molecule has 11 heteroatoms. The largest absolute Gasteiger partial charge is 0.461 e. The number of rotatable bonds is 6. The van der Waals surface area contributed by atoms with E-state index in [4.69, 9.17) is 25.4 Å². The molecule has 4 saturated heterocycles.